The van der Waals surface area contributed by atoms with Crippen molar-refractivity contribution in [1.82, 2.24) is 5.43 Å². The normalized spacial score (nSPS) is 9.83. The highest BCUT2D eigenvalue weighted by molar-refractivity contribution is 7.80. The Morgan fingerprint density at radius 2 is 1.74 bits per heavy atom. The maximum absolute atomic E-state index is 12.4. The van der Waals surface area contributed by atoms with Crippen LogP contribution in [0, 0.1) is 0 Å². The number of para-hydroxylation sites is 2. The van der Waals surface area contributed by atoms with Crippen molar-refractivity contribution in [3.63, 3.8) is 0 Å². The largest absolute Gasteiger partial charge is 0.497 e. The molecule has 7 heteroatoms. The van der Waals surface area contributed by atoms with E-state index in [1.54, 1.807) is 49.6 Å². The van der Waals surface area contributed by atoms with Gasteiger partial charge in [-0.05, 0) is 48.6 Å². The van der Waals surface area contributed by atoms with E-state index in [9.17, 15) is 4.79 Å². The molecule has 23 heavy (non-hydrogen) atoms. The molecule has 0 spiro atoms. The van der Waals surface area contributed by atoms with Crippen LogP contribution in [-0.2, 0) is 0 Å². The number of hydrazine groups is 1. The number of carbonyl (C=O) groups excluding carboxylic acids is 1. The zero-order valence-corrected chi connectivity index (χ0v) is 13.6. The van der Waals surface area contributed by atoms with Crippen molar-refractivity contribution in [2.75, 3.05) is 19.2 Å². The van der Waals surface area contributed by atoms with Crippen LogP contribution in [0.4, 0.5) is 5.69 Å². The van der Waals surface area contributed by atoms with Crippen LogP contribution in [0.25, 0.3) is 0 Å². The first-order valence-electron chi connectivity index (χ1n) is 6.74. The molecule has 0 bridgehead atoms. The van der Waals surface area contributed by atoms with Crippen LogP contribution < -0.4 is 25.6 Å². The van der Waals surface area contributed by atoms with Gasteiger partial charge >= 0.3 is 0 Å². The summed E-state index contributed by atoms with van der Waals surface area (Å²) in [5, 5.41) is 1.30. The van der Waals surface area contributed by atoms with Crippen molar-refractivity contribution >= 4 is 28.9 Å². The number of nitrogens with one attached hydrogen (secondary N) is 1. The molecule has 0 heterocycles. The van der Waals surface area contributed by atoms with Gasteiger partial charge in [0.1, 0.15) is 17.2 Å². The third-order valence-electron chi connectivity index (χ3n) is 3.11. The van der Waals surface area contributed by atoms with Gasteiger partial charge in [-0.15, -0.1) is 0 Å². The summed E-state index contributed by atoms with van der Waals surface area (Å²) in [6.45, 7) is 0. The van der Waals surface area contributed by atoms with Crippen molar-refractivity contribution in [1.29, 1.82) is 0 Å². The van der Waals surface area contributed by atoms with Gasteiger partial charge in [0.25, 0.3) is 5.91 Å². The van der Waals surface area contributed by atoms with E-state index in [0.717, 1.165) is 0 Å². The molecule has 0 aliphatic rings. The van der Waals surface area contributed by atoms with E-state index in [4.69, 9.17) is 27.4 Å². The lowest BCUT2D eigenvalue weighted by molar-refractivity contribution is 0.0955. The molecule has 0 atom stereocenters. The summed E-state index contributed by atoms with van der Waals surface area (Å²) in [6, 6.07) is 13.8. The lowest BCUT2D eigenvalue weighted by atomic mass is 10.2. The molecule has 0 saturated heterocycles. The number of amides is 1. The van der Waals surface area contributed by atoms with Crippen LogP contribution in [0.1, 0.15) is 10.4 Å². The number of nitrogens with zero attached hydrogens (tertiary/aromatic N) is 1. The number of ether oxygens (including phenoxy) is 2. The molecule has 0 radical (unpaired) electrons. The third-order valence-corrected chi connectivity index (χ3v) is 3.29. The first-order chi connectivity index (χ1) is 11.1. The minimum atomic E-state index is -0.355. The average molecular weight is 331 g/mol. The summed E-state index contributed by atoms with van der Waals surface area (Å²) in [5.74, 6) is 0.846. The summed E-state index contributed by atoms with van der Waals surface area (Å²) in [5.41, 5.74) is 9.39. The monoisotopic (exact) mass is 331 g/mol. The minimum absolute atomic E-state index is 0.00337. The Balaban J connectivity index is 2.25. The van der Waals surface area contributed by atoms with Crippen molar-refractivity contribution in [2.24, 2.45) is 5.73 Å². The second-order valence-electron chi connectivity index (χ2n) is 4.51. The number of rotatable bonds is 4. The van der Waals surface area contributed by atoms with Crippen LogP contribution in [0.3, 0.4) is 0 Å². The fourth-order valence-corrected chi connectivity index (χ4v) is 2.10. The van der Waals surface area contributed by atoms with E-state index >= 15 is 0 Å². The number of carbonyl (C=O) groups is 1. The molecule has 2 aromatic carbocycles. The standard InChI is InChI=1S/C16H17N3O3S/c1-21-12-9-7-11(8-10-12)15(20)18-19(16(17)23)13-5-3-4-6-14(13)22-2/h3-10H,1-2H3,(H2,17,23)(H,18,20). The number of nitrogens with two attached hydrogens (primary N) is 1. The van der Waals surface area contributed by atoms with E-state index in [-0.39, 0.29) is 11.0 Å². The first kappa shape index (κ1) is 16.6. The van der Waals surface area contributed by atoms with Gasteiger partial charge in [0, 0.05) is 5.56 Å². The third kappa shape index (κ3) is 3.89. The molecular formula is C16H17N3O3S. The molecular weight excluding hydrogens is 314 g/mol. The molecule has 3 N–H and O–H groups in total. The Bertz CT molecular complexity index is 704. The Kier molecular flexibility index (Phi) is 5.37. The van der Waals surface area contributed by atoms with Crippen LogP contribution in [0.15, 0.2) is 48.5 Å². The van der Waals surface area contributed by atoms with Gasteiger partial charge in [-0.25, -0.2) is 5.01 Å². The SMILES string of the molecule is COc1ccc(C(=O)NN(C(N)=S)c2ccccc2OC)cc1. The Hall–Kier alpha value is -2.80. The minimum Gasteiger partial charge on any atom is -0.497 e. The van der Waals surface area contributed by atoms with Crippen molar-refractivity contribution in [3.8, 4) is 11.5 Å². The first-order valence-corrected chi connectivity index (χ1v) is 7.15. The van der Waals surface area contributed by atoms with E-state index in [1.165, 1.54) is 12.1 Å². The number of hydrogen-bond acceptors (Lipinski definition) is 4. The summed E-state index contributed by atoms with van der Waals surface area (Å²) in [4.78, 5) is 12.4. The topological polar surface area (TPSA) is 76.8 Å². The number of thiocarbonyl (C=S) groups is 1. The average Bonchev–Trinajstić information content (AvgIpc) is 2.59. The second-order valence-corrected chi connectivity index (χ2v) is 4.93. The number of anilines is 1. The highest BCUT2D eigenvalue weighted by Crippen LogP contribution is 2.26. The summed E-state index contributed by atoms with van der Waals surface area (Å²) < 4.78 is 10.3. The van der Waals surface area contributed by atoms with Gasteiger partial charge in [0.15, 0.2) is 5.11 Å². The molecule has 1 amide bonds. The predicted molar refractivity (Wildman–Crippen MR) is 92.7 cm³/mol. The fraction of sp³-hybridized carbons (Fsp3) is 0.125. The molecule has 2 rings (SSSR count). The maximum Gasteiger partial charge on any atom is 0.270 e. The Morgan fingerprint density at radius 1 is 1.09 bits per heavy atom. The molecule has 0 aromatic heterocycles. The van der Waals surface area contributed by atoms with Gasteiger partial charge in [-0.3, -0.25) is 10.2 Å². The quantitative estimate of drug-likeness (QED) is 0.660. The van der Waals surface area contributed by atoms with Crippen molar-refractivity contribution in [2.45, 2.75) is 0 Å². The molecule has 0 fully saturated rings. The van der Waals surface area contributed by atoms with E-state index in [0.29, 0.717) is 22.7 Å². The molecule has 0 aliphatic heterocycles. The molecule has 0 unspecified atom stereocenters. The van der Waals surface area contributed by atoms with Crippen LogP contribution in [-0.4, -0.2) is 25.2 Å². The molecule has 0 saturated carbocycles. The van der Waals surface area contributed by atoms with Crippen molar-refractivity contribution in [3.05, 3.63) is 54.1 Å². The second kappa shape index (κ2) is 7.46. The lowest BCUT2D eigenvalue weighted by Crippen LogP contribution is -2.49. The molecule has 120 valence electrons. The van der Waals surface area contributed by atoms with E-state index in [1.807, 2.05) is 6.07 Å². The maximum atomic E-state index is 12.4. The molecule has 0 aliphatic carbocycles. The lowest BCUT2D eigenvalue weighted by Gasteiger charge is -2.25. The van der Waals surface area contributed by atoms with E-state index < -0.39 is 0 Å². The highest BCUT2D eigenvalue weighted by Gasteiger charge is 2.17. The van der Waals surface area contributed by atoms with Crippen LogP contribution >= 0.6 is 12.2 Å². The Labute approximate surface area is 139 Å². The smallest absolute Gasteiger partial charge is 0.270 e. The van der Waals surface area contributed by atoms with Crippen LogP contribution in [0.2, 0.25) is 0 Å². The van der Waals surface area contributed by atoms with Gasteiger partial charge in [-0.1, -0.05) is 12.1 Å². The van der Waals surface area contributed by atoms with Gasteiger partial charge < -0.3 is 15.2 Å². The zero-order chi connectivity index (χ0) is 16.8. The van der Waals surface area contributed by atoms with E-state index in [2.05, 4.69) is 5.43 Å². The molecule has 6 nitrogen and oxygen atoms in total. The Morgan fingerprint density at radius 3 is 2.30 bits per heavy atom. The predicted octanol–water partition coefficient (Wildman–Crippen LogP) is 2.10. The van der Waals surface area contributed by atoms with Crippen LogP contribution in [0.5, 0.6) is 11.5 Å². The summed E-state index contributed by atoms with van der Waals surface area (Å²) in [7, 11) is 3.09. The number of benzene rings is 2. The highest BCUT2D eigenvalue weighted by atomic mass is 32.1. The fourth-order valence-electron chi connectivity index (χ4n) is 1.96. The molecule has 2 aromatic rings. The number of hydrogen-bond donors (Lipinski definition) is 2. The van der Waals surface area contributed by atoms with Crippen molar-refractivity contribution < 1.29 is 14.3 Å². The van der Waals surface area contributed by atoms with Gasteiger partial charge in [0.2, 0.25) is 0 Å². The summed E-state index contributed by atoms with van der Waals surface area (Å²) >= 11 is 5.03. The van der Waals surface area contributed by atoms with Gasteiger partial charge in [-0.2, -0.15) is 0 Å². The van der Waals surface area contributed by atoms with Gasteiger partial charge in [0.05, 0.1) is 14.2 Å². The zero-order valence-electron chi connectivity index (χ0n) is 12.8. The number of methoxy groups -OCH3 is 2. The summed E-state index contributed by atoms with van der Waals surface area (Å²) in [6.07, 6.45) is 0.